The maximum absolute atomic E-state index is 13.9. The van der Waals surface area contributed by atoms with Crippen LogP contribution in [0.4, 0.5) is 4.39 Å². The molecule has 2 unspecified atom stereocenters. The lowest BCUT2D eigenvalue weighted by atomic mass is 9.82. The van der Waals surface area contributed by atoms with Crippen molar-refractivity contribution in [3.05, 3.63) is 58.4 Å². The Morgan fingerprint density at radius 3 is 2.40 bits per heavy atom. The van der Waals surface area contributed by atoms with Crippen LogP contribution in [0.1, 0.15) is 82.6 Å². The standard InChI is InChI=1S/C26H37FNOP/c1-8-9-10-13-26(6,30-23-12-11-21(27)15-19(23)17-28-7)22-16-20(25(3,4)5)14-18(2)24(22)29/h11-12,14-17,29-30H,8-10,13H2,1-7H3. The molecule has 0 radical (unpaired) electrons. The monoisotopic (exact) mass is 429 g/mol. The number of aryl methyl sites for hydroxylation is 1. The highest BCUT2D eigenvalue weighted by Crippen LogP contribution is 2.50. The highest BCUT2D eigenvalue weighted by atomic mass is 31.1. The summed E-state index contributed by atoms with van der Waals surface area (Å²) in [5, 5.41) is 11.9. The van der Waals surface area contributed by atoms with Gasteiger partial charge in [0, 0.05) is 29.5 Å². The zero-order chi connectivity index (χ0) is 22.5. The molecule has 2 atom stereocenters. The maximum atomic E-state index is 13.9. The summed E-state index contributed by atoms with van der Waals surface area (Å²) in [5.41, 5.74) is 3.97. The Morgan fingerprint density at radius 2 is 1.80 bits per heavy atom. The van der Waals surface area contributed by atoms with E-state index in [-0.39, 0.29) is 16.4 Å². The first-order valence-corrected chi connectivity index (χ1v) is 11.9. The van der Waals surface area contributed by atoms with Crippen LogP contribution < -0.4 is 5.30 Å². The minimum atomic E-state index is -0.250. The molecule has 0 aromatic heterocycles. The van der Waals surface area contributed by atoms with E-state index in [0.29, 0.717) is 14.3 Å². The van der Waals surface area contributed by atoms with E-state index < -0.39 is 0 Å². The first kappa shape index (κ1) is 24.5. The van der Waals surface area contributed by atoms with Crippen molar-refractivity contribution in [1.82, 2.24) is 0 Å². The number of nitrogens with zero attached hydrogens (tertiary/aromatic N) is 1. The molecular formula is C26H37FNOP. The summed E-state index contributed by atoms with van der Waals surface area (Å²) in [6, 6.07) is 9.25. The molecule has 0 aliphatic carbocycles. The molecule has 0 spiro atoms. The van der Waals surface area contributed by atoms with Crippen LogP contribution in [0.15, 0.2) is 35.3 Å². The normalized spacial score (nSPS) is 14.7. The molecule has 0 fully saturated rings. The maximum Gasteiger partial charge on any atom is 0.123 e. The summed E-state index contributed by atoms with van der Waals surface area (Å²) >= 11 is 0. The lowest BCUT2D eigenvalue weighted by molar-refractivity contribution is 0.444. The van der Waals surface area contributed by atoms with Gasteiger partial charge in [-0.2, -0.15) is 0 Å². The number of benzene rings is 2. The summed E-state index contributed by atoms with van der Waals surface area (Å²) in [6.07, 6.45) is 6.10. The van der Waals surface area contributed by atoms with Gasteiger partial charge in [-0.25, -0.2) is 4.39 Å². The first-order valence-electron chi connectivity index (χ1n) is 10.9. The minimum absolute atomic E-state index is 0.00342. The van der Waals surface area contributed by atoms with Crippen LogP contribution >= 0.6 is 8.58 Å². The number of aromatic hydroxyl groups is 1. The Balaban J connectivity index is 2.62. The van der Waals surface area contributed by atoms with Gasteiger partial charge in [0.2, 0.25) is 0 Å². The van der Waals surface area contributed by atoms with E-state index >= 15 is 0 Å². The fourth-order valence-electron chi connectivity index (χ4n) is 3.82. The molecule has 0 aliphatic heterocycles. The van der Waals surface area contributed by atoms with Crippen LogP contribution in [0.5, 0.6) is 5.75 Å². The van der Waals surface area contributed by atoms with Gasteiger partial charge in [0.25, 0.3) is 0 Å². The third-order valence-electron chi connectivity index (χ3n) is 5.73. The van der Waals surface area contributed by atoms with Crippen molar-refractivity contribution < 1.29 is 9.50 Å². The number of halogens is 1. The van der Waals surface area contributed by atoms with Crippen LogP contribution in [0.25, 0.3) is 0 Å². The second kappa shape index (κ2) is 10.1. The molecule has 164 valence electrons. The summed E-state index contributed by atoms with van der Waals surface area (Å²) in [5.74, 6) is 0.141. The molecule has 0 amide bonds. The molecule has 30 heavy (non-hydrogen) atoms. The van der Waals surface area contributed by atoms with Gasteiger partial charge in [0.15, 0.2) is 0 Å². The highest BCUT2D eigenvalue weighted by Gasteiger charge is 2.32. The first-order chi connectivity index (χ1) is 14.0. The minimum Gasteiger partial charge on any atom is -0.507 e. The van der Waals surface area contributed by atoms with Crippen molar-refractivity contribution >= 4 is 20.1 Å². The average molecular weight is 430 g/mol. The number of rotatable bonds is 8. The zero-order valence-corrected chi connectivity index (χ0v) is 20.6. The fraction of sp³-hybridized carbons (Fsp3) is 0.500. The van der Waals surface area contributed by atoms with Crippen LogP contribution in [-0.2, 0) is 10.6 Å². The third-order valence-corrected chi connectivity index (χ3v) is 7.53. The molecule has 0 bridgehead atoms. The van der Waals surface area contributed by atoms with E-state index in [9.17, 15) is 9.50 Å². The fourth-order valence-corrected chi connectivity index (χ4v) is 5.49. The van der Waals surface area contributed by atoms with Crippen molar-refractivity contribution in [3.8, 4) is 5.75 Å². The Bertz CT molecular complexity index is 901. The number of hydrogen-bond donors (Lipinski definition) is 1. The van der Waals surface area contributed by atoms with Gasteiger partial charge in [-0.15, -0.1) is 0 Å². The molecule has 2 nitrogen and oxygen atoms in total. The summed E-state index contributed by atoms with van der Waals surface area (Å²) in [6.45, 7) is 13.0. The van der Waals surface area contributed by atoms with Crippen LogP contribution in [0.3, 0.4) is 0 Å². The molecule has 4 heteroatoms. The Labute approximate surface area is 183 Å². The van der Waals surface area contributed by atoms with Crippen molar-refractivity contribution in [1.29, 1.82) is 0 Å². The van der Waals surface area contributed by atoms with Crippen molar-refractivity contribution in [3.63, 3.8) is 0 Å². The summed E-state index contributed by atoms with van der Waals surface area (Å²) in [4.78, 5) is 4.13. The van der Waals surface area contributed by atoms with E-state index in [0.717, 1.165) is 47.7 Å². The van der Waals surface area contributed by atoms with E-state index in [4.69, 9.17) is 0 Å². The largest absolute Gasteiger partial charge is 0.507 e. The Kier molecular flexibility index (Phi) is 8.22. The smallest absolute Gasteiger partial charge is 0.123 e. The molecule has 0 aliphatic rings. The predicted octanol–water partition coefficient (Wildman–Crippen LogP) is 6.99. The second-order valence-electron chi connectivity index (χ2n) is 9.47. The van der Waals surface area contributed by atoms with Crippen LogP contribution in [-0.4, -0.2) is 18.4 Å². The summed E-state index contributed by atoms with van der Waals surface area (Å²) in [7, 11) is 2.11. The SMILES string of the molecule is CCCCCC(C)(Pc1ccc(F)cc1C=NC)c1cc(C(C)(C)C)cc(C)c1O. The predicted molar refractivity (Wildman–Crippen MR) is 131 cm³/mol. The molecule has 2 aromatic rings. The Hall–Kier alpha value is -1.73. The number of phenols is 1. The highest BCUT2D eigenvalue weighted by molar-refractivity contribution is 7.48. The number of hydrogen-bond acceptors (Lipinski definition) is 2. The third kappa shape index (κ3) is 5.91. The number of aliphatic imine (C=N–C) groups is 1. The van der Waals surface area contributed by atoms with Crippen molar-refractivity contribution in [2.75, 3.05) is 7.05 Å². The van der Waals surface area contributed by atoms with Crippen LogP contribution in [0, 0.1) is 12.7 Å². The lowest BCUT2D eigenvalue weighted by Gasteiger charge is -2.34. The van der Waals surface area contributed by atoms with Gasteiger partial charge >= 0.3 is 0 Å². The van der Waals surface area contributed by atoms with E-state index in [2.05, 4.69) is 51.7 Å². The second-order valence-corrected chi connectivity index (χ2v) is 11.4. The summed E-state index contributed by atoms with van der Waals surface area (Å²) < 4.78 is 13.9. The van der Waals surface area contributed by atoms with Gasteiger partial charge in [-0.3, -0.25) is 4.99 Å². The quantitative estimate of drug-likeness (QED) is 0.274. The van der Waals surface area contributed by atoms with E-state index in [1.165, 1.54) is 11.6 Å². The van der Waals surface area contributed by atoms with Gasteiger partial charge in [-0.1, -0.05) is 80.7 Å². The average Bonchev–Trinajstić information content (AvgIpc) is 2.65. The zero-order valence-electron chi connectivity index (χ0n) is 19.6. The Morgan fingerprint density at radius 1 is 1.10 bits per heavy atom. The van der Waals surface area contributed by atoms with Gasteiger partial charge in [-0.05, 0) is 47.3 Å². The number of phenolic OH excluding ortho intramolecular Hbond substituents is 1. The molecule has 0 saturated heterocycles. The molecule has 1 N–H and O–H groups in total. The molecule has 2 rings (SSSR count). The molecule has 0 saturated carbocycles. The van der Waals surface area contributed by atoms with Gasteiger partial charge in [0.05, 0.1) is 0 Å². The van der Waals surface area contributed by atoms with E-state index in [1.54, 1.807) is 19.3 Å². The van der Waals surface area contributed by atoms with Crippen LogP contribution in [0.2, 0.25) is 0 Å². The van der Waals surface area contributed by atoms with Gasteiger partial charge < -0.3 is 5.11 Å². The molecule has 0 heterocycles. The van der Waals surface area contributed by atoms with Crippen molar-refractivity contribution in [2.24, 2.45) is 4.99 Å². The molecule has 2 aromatic carbocycles. The topological polar surface area (TPSA) is 32.6 Å². The number of unbranched alkanes of at least 4 members (excludes halogenated alkanes) is 2. The van der Waals surface area contributed by atoms with E-state index in [1.807, 2.05) is 13.0 Å². The lowest BCUT2D eigenvalue weighted by Crippen LogP contribution is -2.23. The van der Waals surface area contributed by atoms with Crippen molar-refractivity contribution in [2.45, 2.75) is 77.8 Å². The molecular weight excluding hydrogens is 392 g/mol. The van der Waals surface area contributed by atoms with Gasteiger partial charge in [0.1, 0.15) is 11.6 Å².